The second-order valence-electron chi connectivity index (χ2n) is 15.9. The van der Waals surface area contributed by atoms with E-state index in [0.29, 0.717) is 29.4 Å². The van der Waals surface area contributed by atoms with Gasteiger partial charge in [0, 0.05) is 98.9 Å². The fraction of sp³-hybridized carbons (Fsp3) is 0.465. The molecule has 0 amide bonds. The third-order valence-corrected chi connectivity index (χ3v) is 12.1. The lowest BCUT2D eigenvalue weighted by molar-refractivity contribution is 0.131. The van der Waals surface area contributed by atoms with Crippen molar-refractivity contribution in [1.82, 2.24) is 19.7 Å². The molecule has 0 spiro atoms. The predicted octanol–water partition coefficient (Wildman–Crippen LogP) is 8.26. The van der Waals surface area contributed by atoms with Crippen LogP contribution in [0, 0.1) is 24.5 Å². The molecule has 8 rings (SSSR count). The van der Waals surface area contributed by atoms with Gasteiger partial charge >= 0.3 is 0 Å². The number of benzene rings is 2. The van der Waals surface area contributed by atoms with Crippen LogP contribution in [0.25, 0.3) is 17.0 Å². The summed E-state index contributed by atoms with van der Waals surface area (Å²) < 4.78 is 29.7. The van der Waals surface area contributed by atoms with Crippen LogP contribution in [0.15, 0.2) is 66.3 Å². The molecule has 11 heteroatoms. The lowest BCUT2D eigenvalue weighted by atomic mass is 9.96. The molecule has 2 aromatic heterocycles. The lowest BCUT2D eigenvalue weighted by Gasteiger charge is -2.44. The van der Waals surface area contributed by atoms with Crippen molar-refractivity contribution in [3.8, 4) is 11.3 Å². The Bertz CT molecular complexity index is 2020. The molecule has 2 fully saturated rings. The number of halogens is 2. The summed E-state index contributed by atoms with van der Waals surface area (Å²) in [4.78, 5) is 19.7. The van der Waals surface area contributed by atoms with E-state index in [2.05, 4.69) is 80.9 Å². The first-order valence-corrected chi connectivity index (χ1v) is 19.7. The van der Waals surface area contributed by atoms with Crippen LogP contribution in [-0.4, -0.2) is 77.5 Å². The molecule has 6 heterocycles. The number of nitrogens with one attached hydrogen (secondary N) is 1. The molecule has 4 aliphatic rings. The topological polar surface area (TPSA) is 68.1 Å². The summed E-state index contributed by atoms with van der Waals surface area (Å²) in [7, 11) is 4.26. The number of hydrogen-bond acceptors (Lipinski definition) is 8. The molecule has 0 aliphatic carbocycles. The summed E-state index contributed by atoms with van der Waals surface area (Å²) in [5.41, 5.74) is 9.91. The zero-order valence-electron chi connectivity index (χ0n) is 32.2. The molecule has 0 radical (unpaired) electrons. The minimum absolute atomic E-state index is 0.447. The summed E-state index contributed by atoms with van der Waals surface area (Å²) in [6, 6.07) is 15.7. The van der Waals surface area contributed by atoms with Crippen molar-refractivity contribution in [2.45, 2.75) is 77.3 Å². The standard InChI is InChI=1S/C43H53F2N9/c1-28-8-6-7-9-41-38(26-46-51(41)5)40-21-31(20-29(2)47-40)30(3)48-43-49-39-11-10-36(25-42(39)54(43)27-28)50(4)34-12-16-52(17-13-34)35-14-18-53(19-15-35)37-23-32(44)22-33(45)24-37/h10-11,20-26,28,34-35H,3,6-9,12-19,27H2,1-2,4-5H3,(H,48,49)/t28-/m1/s1. The molecule has 54 heavy (non-hydrogen) atoms. The van der Waals surface area contributed by atoms with Crippen LogP contribution in [0.2, 0.25) is 0 Å². The van der Waals surface area contributed by atoms with Crippen molar-refractivity contribution >= 4 is 34.4 Å². The number of aromatic nitrogens is 3. The number of aliphatic imine (C=N–C) groups is 1. The van der Waals surface area contributed by atoms with Crippen molar-refractivity contribution in [2.24, 2.45) is 18.0 Å². The Morgan fingerprint density at radius 3 is 2.43 bits per heavy atom. The van der Waals surface area contributed by atoms with Crippen molar-refractivity contribution in [1.29, 1.82) is 0 Å². The van der Waals surface area contributed by atoms with E-state index in [-0.39, 0.29) is 0 Å². The minimum atomic E-state index is -0.513. The molecular weight excluding hydrogens is 681 g/mol. The van der Waals surface area contributed by atoms with Crippen molar-refractivity contribution in [2.75, 3.05) is 59.8 Å². The molecule has 2 bridgehead atoms. The zero-order valence-corrected chi connectivity index (χ0v) is 32.2. The van der Waals surface area contributed by atoms with Gasteiger partial charge in [-0.15, -0.1) is 0 Å². The number of anilines is 4. The number of hydrogen-bond donors (Lipinski definition) is 1. The molecule has 9 nitrogen and oxygen atoms in total. The normalized spacial score (nSPS) is 21.3. The maximum Gasteiger partial charge on any atom is 0.208 e. The molecule has 4 aliphatic heterocycles. The first-order valence-electron chi connectivity index (χ1n) is 19.7. The molecule has 2 saturated heterocycles. The van der Waals surface area contributed by atoms with E-state index in [1.165, 1.54) is 23.5 Å². The highest BCUT2D eigenvalue weighted by Crippen LogP contribution is 2.39. The average molecular weight is 734 g/mol. The van der Waals surface area contributed by atoms with Crippen LogP contribution in [0.5, 0.6) is 0 Å². The summed E-state index contributed by atoms with van der Waals surface area (Å²) in [6.07, 6.45) is 10.5. The first kappa shape index (κ1) is 36.2. The Kier molecular flexibility index (Phi) is 10.2. The van der Waals surface area contributed by atoms with E-state index in [4.69, 9.17) is 9.98 Å². The van der Waals surface area contributed by atoms with Crippen LogP contribution < -0.4 is 20.0 Å². The molecule has 1 N–H and O–H groups in total. The average Bonchev–Trinajstić information content (AvgIpc) is 3.70. The Balaban J connectivity index is 0.964. The van der Waals surface area contributed by atoms with Gasteiger partial charge in [-0.2, -0.15) is 5.10 Å². The van der Waals surface area contributed by atoms with E-state index in [9.17, 15) is 8.78 Å². The number of aryl methyl sites for hydroxylation is 2. The summed E-state index contributed by atoms with van der Waals surface area (Å²) in [5, 5.41) is 8.25. The van der Waals surface area contributed by atoms with Gasteiger partial charge in [-0.3, -0.25) is 9.67 Å². The minimum Gasteiger partial charge on any atom is -0.371 e. The fourth-order valence-electron chi connectivity index (χ4n) is 9.03. The lowest BCUT2D eigenvalue weighted by Crippen LogP contribution is -2.50. The Labute approximate surface area is 318 Å². The third kappa shape index (κ3) is 7.47. The highest BCUT2D eigenvalue weighted by molar-refractivity contribution is 6.16. The number of nitrogens with zero attached hydrogens (tertiary/aromatic N) is 8. The number of rotatable bonds is 4. The van der Waals surface area contributed by atoms with Crippen molar-refractivity contribution in [3.05, 3.63) is 89.9 Å². The quantitative estimate of drug-likeness (QED) is 0.227. The van der Waals surface area contributed by atoms with Gasteiger partial charge in [0.2, 0.25) is 5.96 Å². The molecule has 284 valence electrons. The van der Waals surface area contributed by atoms with Crippen molar-refractivity contribution < 1.29 is 8.78 Å². The van der Waals surface area contributed by atoms with Gasteiger partial charge in [0.05, 0.1) is 29.0 Å². The third-order valence-electron chi connectivity index (χ3n) is 12.1. The van der Waals surface area contributed by atoms with E-state index >= 15 is 0 Å². The first-order chi connectivity index (χ1) is 26.1. The molecule has 0 unspecified atom stereocenters. The second kappa shape index (κ2) is 15.2. The number of piperidine rings is 2. The van der Waals surface area contributed by atoms with Crippen LogP contribution in [-0.2, 0) is 13.5 Å². The van der Waals surface area contributed by atoms with E-state index in [1.54, 1.807) is 0 Å². The van der Waals surface area contributed by atoms with Gasteiger partial charge < -0.3 is 24.9 Å². The summed E-state index contributed by atoms with van der Waals surface area (Å²) >= 11 is 0. The highest BCUT2D eigenvalue weighted by atomic mass is 19.1. The van der Waals surface area contributed by atoms with Crippen molar-refractivity contribution in [3.63, 3.8) is 0 Å². The van der Waals surface area contributed by atoms with Crippen LogP contribution in [0.4, 0.5) is 31.5 Å². The molecule has 2 aromatic carbocycles. The van der Waals surface area contributed by atoms with Gasteiger partial charge in [-0.05, 0) is 100 Å². The van der Waals surface area contributed by atoms with Gasteiger partial charge in [0.1, 0.15) is 11.6 Å². The summed E-state index contributed by atoms with van der Waals surface area (Å²) in [5.74, 6) is 0.252. The van der Waals surface area contributed by atoms with Crippen LogP contribution in [0.3, 0.4) is 0 Å². The molecule has 4 aromatic rings. The van der Waals surface area contributed by atoms with E-state index in [1.807, 2.05) is 24.9 Å². The molecular formula is C43H53F2N9. The van der Waals surface area contributed by atoms with Gasteiger partial charge in [0.25, 0.3) is 0 Å². The molecule has 1 atom stereocenters. The van der Waals surface area contributed by atoms with Gasteiger partial charge in [0.15, 0.2) is 0 Å². The number of fused-ring (bicyclic) bond motifs is 7. The van der Waals surface area contributed by atoms with Crippen LogP contribution >= 0.6 is 0 Å². The largest absolute Gasteiger partial charge is 0.371 e. The fourth-order valence-corrected chi connectivity index (χ4v) is 9.03. The zero-order chi connectivity index (χ0) is 37.5. The SMILES string of the molecule is C=C1/N=C2\Nc3ccc(N(C)C4CCN(C5CCN(c6cc(F)cc(F)c6)CC5)CC4)cc3N2C[C@H](C)CCCCc2c(cnn2C)-c2cc1cc(C)n2. The number of likely N-dealkylation sites (tertiary alicyclic amines) is 1. The van der Waals surface area contributed by atoms with E-state index < -0.39 is 11.6 Å². The highest BCUT2D eigenvalue weighted by Gasteiger charge is 2.32. The number of guanidine groups is 1. The Morgan fingerprint density at radius 1 is 0.907 bits per heavy atom. The van der Waals surface area contributed by atoms with Gasteiger partial charge in [-0.1, -0.05) is 19.9 Å². The maximum absolute atomic E-state index is 13.8. The summed E-state index contributed by atoms with van der Waals surface area (Å²) in [6.45, 7) is 13.4. The number of pyridine rings is 1. The monoisotopic (exact) mass is 733 g/mol. The Hall–Kier alpha value is -4.77. The Morgan fingerprint density at radius 2 is 1.67 bits per heavy atom. The maximum atomic E-state index is 13.8. The van der Waals surface area contributed by atoms with Gasteiger partial charge in [-0.25, -0.2) is 13.8 Å². The molecule has 0 saturated carbocycles. The van der Waals surface area contributed by atoms with E-state index in [0.717, 1.165) is 130 Å². The van der Waals surface area contributed by atoms with Crippen LogP contribution in [0.1, 0.15) is 68.8 Å². The predicted molar refractivity (Wildman–Crippen MR) is 216 cm³/mol. The second-order valence-corrected chi connectivity index (χ2v) is 15.9. The smallest absolute Gasteiger partial charge is 0.208 e.